The highest BCUT2D eigenvalue weighted by Crippen LogP contribution is 2.33. The summed E-state index contributed by atoms with van der Waals surface area (Å²) in [6.07, 6.45) is 11.0. The summed E-state index contributed by atoms with van der Waals surface area (Å²) >= 11 is 1.76. The predicted molar refractivity (Wildman–Crippen MR) is 114 cm³/mol. The van der Waals surface area contributed by atoms with Crippen molar-refractivity contribution in [2.24, 2.45) is 0 Å². The molecule has 154 valence electrons. The standard InChI is InChI=1S/C21H27N5O2S/c1-29-15-7-17(20-24-23-18-6-2-3-12-26(18)20)22-19(27)16-21(8-13-28-14-9-21)25-10-4-5-11-25/h2-6,10-12,17H,7-9,13-16H2,1H3,(H,22,27)/t17-/m0/s1. The van der Waals surface area contributed by atoms with E-state index in [0.29, 0.717) is 19.6 Å². The van der Waals surface area contributed by atoms with Crippen molar-refractivity contribution in [3.8, 4) is 0 Å². The molecule has 1 N–H and O–H groups in total. The number of carbonyl (C=O) groups excluding carboxylic acids is 1. The Bertz CT molecular complexity index is 934. The number of fused-ring (bicyclic) bond motifs is 1. The molecule has 3 aromatic rings. The number of hydrogen-bond acceptors (Lipinski definition) is 5. The summed E-state index contributed by atoms with van der Waals surface area (Å²) in [6, 6.07) is 9.67. The normalized spacial score (nSPS) is 17.3. The Kier molecular flexibility index (Phi) is 6.20. The van der Waals surface area contributed by atoms with Crippen LogP contribution >= 0.6 is 11.8 Å². The van der Waals surface area contributed by atoms with Crippen LogP contribution in [0.15, 0.2) is 48.9 Å². The highest BCUT2D eigenvalue weighted by atomic mass is 32.2. The second-order valence-electron chi connectivity index (χ2n) is 7.49. The maximum absolute atomic E-state index is 13.2. The van der Waals surface area contributed by atoms with E-state index < -0.39 is 0 Å². The smallest absolute Gasteiger partial charge is 0.222 e. The van der Waals surface area contributed by atoms with E-state index in [2.05, 4.69) is 38.7 Å². The van der Waals surface area contributed by atoms with Crippen molar-refractivity contribution in [2.45, 2.75) is 37.3 Å². The first-order valence-electron chi connectivity index (χ1n) is 10.0. The fourth-order valence-corrected chi connectivity index (χ4v) is 4.54. The Labute approximate surface area is 174 Å². The van der Waals surface area contributed by atoms with Gasteiger partial charge in [-0.25, -0.2) is 0 Å². The molecule has 8 heteroatoms. The number of carbonyl (C=O) groups is 1. The van der Waals surface area contributed by atoms with Crippen molar-refractivity contribution >= 4 is 23.3 Å². The topological polar surface area (TPSA) is 73.5 Å². The summed E-state index contributed by atoms with van der Waals surface area (Å²) in [5.74, 6) is 1.76. The maximum atomic E-state index is 13.2. The van der Waals surface area contributed by atoms with Crippen LogP contribution in [0.3, 0.4) is 0 Å². The molecule has 3 aromatic heterocycles. The number of nitrogens with one attached hydrogen (secondary N) is 1. The minimum absolute atomic E-state index is 0.0411. The second kappa shape index (κ2) is 9.00. The third kappa shape index (κ3) is 4.33. The van der Waals surface area contributed by atoms with Gasteiger partial charge < -0.3 is 14.6 Å². The summed E-state index contributed by atoms with van der Waals surface area (Å²) in [5, 5.41) is 11.9. The van der Waals surface area contributed by atoms with E-state index in [4.69, 9.17) is 4.74 Å². The number of amides is 1. The quantitative estimate of drug-likeness (QED) is 0.614. The van der Waals surface area contributed by atoms with Crippen molar-refractivity contribution in [1.29, 1.82) is 0 Å². The molecule has 0 spiro atoms. The fourth-order valence-electron chi connectivity index (χ4n) is 4.07. The van der Waals surface area contributed by atoms with Crippen LogP contribution in [0, 0.1) is 0 Å². The number of aromatic nitrogens is 4. The van der Waals surface area contributed by atoms with E-state index >= 15 is 0 Å². The average molecular weight is 414 g/mol. The van der Waals surface area contributed by atoms with Gasteiger partial charge in [-0.3, -0.25) is 9.20 Å². The summed E-state index contributed by atoms with van der Waals surface area (Å²) in [4.78, 5) is 13.2. The number of nitrogens with zero attached hydrogens (tertiary/aromatic N) is 4. The van der Waals surface area contributed by atoms with Gasteiger partial charge in [0.2, 0.25) is 5.91 Å². The van der Waals surface area contributed by atoms with E-state index in [1.807, 2.05) is 40.9 Å². The van der Waals surface area contributed by atoms with E-state index in [1.54, 1.807) is 11.8 Å². The van der Waals surface area contributed by atoms with Crippen LogP contribution in [0.25, 0.3) is 5.65 Å². The van der Waals surface area contributed by atoms with Gasteiger partial charge in [0.05, 0.1) is 18.0 Å². The SMILES string of the molecule is CSCC[C@H](NC(=O)CC1(n2cccc2)CCOCC1)c1nnc2ccccn12. The Morgan fingerprint density at radius 1 is 1.21 bits per heavy atom. The second-order valence-corrected chi connectivity index (χ2v) is 8.48. The highest BCUT2D eigenvalue weighted by Gasteiger charge is 2.36. The maximum Gasteiger partial charge on any atom is 0.222 e. The van der Waals surface area contributed by atoms with Gasteiger partial charge in [-0.1, -0.05) is 6.07 Å². The molecule has 0 radical (unpaired) electrons. The zero-order valence-corrected chi connectivity index (χ0v) is 17.5. The van der Waals surface area contributed by atoms with E-state index in [1.165, 1.54) is 0 Å². The van der Waals surface area contributed by atoms with Crippen LogP contribution in [0.5, 0.6) is 0 Å². The van der Waals surface area contributed by atoms with Gasteiger partial charge in [0.25, 0.3) is 0 Å². The lowest BCUT2D eigenvalue weighted by molar-refractivity contribution is -0.125. The fraction of sp³-hybridized carbons (Fsp3) is 0.476. The molecule has 1 fully saturated rings. The molecule has 1 amide bonds. The molecule has 1 saturated heterocycles. The molecule has 4 rings (SSSR count). The predicted octanol–water partition coefficient (Wildman–Crippen LogP) is 3.04. The van der Waals surface area contributed by atoms with Crippen molar-refractivity contribution < 1.29 is 9.53 Å². The molecule has 7 nitrogen and oxygen atoms in total. The van der Waals surface area contributed by atoms with Gasteiger partial charge in [-0.2, -0.15) is 11.8 Å². The first-order chi connectivity index (χ1) is 14.2. The first-order valence-corrected chi connectivity index (χ1v) is 11.4. The lowest BCUT2D eigenvalue weighted by Crippen LogP contribution is -2.44. The number of ether oxygens (including phenoxy) is 1. The Morgan fingerprint density at radius 3 is 2.72 bits per heavy atom. The number of pyridine rings is 1. The molecule has 1 atom stereocenters. The van der Waals surface area contributed by atoms with E-state index in [9.17, 15) is 4.79 Å². The summed E-state index contributed by atoms with van der Waals surface area (Å²) < 4.78 is 9.72. The number of rotatable bonds is 8. The van der Waals surface area contributed by atoms with Crippen LogP contribution in [-0.4, -0.2) is 50.3 Å². The Hall–Kier alpha value is -2.32. The molecule has 0 bridgehead atoms. The number of hydrogen-bond donors (Lipinski definition) is 1. The third-order valence-electron chi connectivity index (χ3n) is 5.66. The van der Waals surface area contributed by atoms with Gasteiger partial charge >= 0.3 is 0 Å². The van der Waals surface area contributed by atoms with Crippen molar-refractivity contribution in [3.05, 3.63) is 54.7 Å². The van der Waals surface area contributed by atoms with Crippen molar-refractivity contribution in [1.82, 2.24) is 24.5 Å². The number of thioether (sulfide) groups is 1. The molecule has 0 aliphatic carbocycles. The summed E-state index contributed by atoms with van der Waals surface area (Å²) in [5.41, 5.74) is 0.558. The van der Waals surface area contributed by atoms with Crippen LogP contribution < -0.4 is 5.32 Å². The molecule has 29 heavy (non-hydrogen) atoms. The zero-order valence-electron chi connectivity index (χ0n) is 16.7. The Morgan fingerprint density at radius 2 is 1.97 bits per heavy atom. The van der Waals surface area contributed by atoms with Gasteiger partial charge in [-0.05, 0) is 55.5 Å². The molecular weight excluding hydrogens is 386 g/mol. The third-order valence-corrected chi connectivity index (χ3v) is 6.31. The molecule has 4 heterocycles. The molecule has 0 aromatic carbocycles. The van der Waals surface area contributed by atoms with Gasteiger partial charge in [0.1, 0.15) is 0 Å². The van der Waals surface area contributed by atoms with Crippen LogP contribution in [0.2, 0.25) is 0 Å². The van der Waals surface area contributed by atoms with Gasteiger partial charge in [0, 0.05) is 31.8 Å². The minimum Gasteiger partial charge on any atom is -0.381 e. The largest absolute Gasteiger partial charge is 0.381 e. The lowest BCUT2D eigenvalue weighted by atomic mass is 9.85. The highest BCUT2D eigenvalue weighted by molar-refractivity contribution is 7.98. The van der Waals surface area contributed by atoms with Gasteiger partial charge in [-0.15, -0.1) is 10.2 Å². The van der Waals surface area contributed by atoms with Crippen LogP contribution in [0.1, 0.15) is 37.5 Å². The lowest BCUT2D eigenvalue weighted by Gasteiger charge is -2.38. The summed E-state index contributed by atoms with van der Waals surface area (Å²) in [6.45, 7) is 1.35. The van der Waals surface area contributed by atoms with Crippen LogP contribution in [0.4, 0.5) is 0 Å². The molecule has 1 aliphatic rings. The molecular formula is C21H27N5O2S. The van der Waals surface area contributed by atoms with Gasteiger partial charge in [0.15, 0.2) is 11.5 Å². The van der Waals surface area contributed by atoms with E-state index in [-0.39, 0.29) is 17.5 Å². The van der Waals surface area contributed by atoms with E-state index in [0.717, 1.165) is 36.5 Å². The summed E-state index contributed by atoms with van der Waals surface area (Å²) in [7, 11) is 0. The Balaban J connectivity index is 1.54. The minimum atomic E-state index is -0.233. The molecule has 1 aliphatic heterocycles. The van der Waals surface area contributed by atoms with Crippen LogP contribution in [-0.2, 0) is 15.1 Å². The average Bonchev–Trinajstić information content (AvgIpc) is 3.42. The van der Waals surface area contributed by atoms with Crippen molar-refractivity contribution in [3.63, 3.8) is 0 Å². The first kappa shape index (κ1) is 20.0. The van der Waals surface area contributed by atoms with Crippen molar-refractivity contribution in [2.75, 3.05) is 25.2 Å². The molecule has 0 saturated carbocycles. The molecule has 0 unspecified atom stereocenters. The zero-order chi connectivity index (χ0) is 20.1. The monoisotopic (exact) mass is 413 g/mol.